The molecule has 0 aromatic carbocycles. The molecule has 98 valence electrons. The number of esters is 1. The van der Waals surface area contributed by atoms with Crippen LogP contribution in [-0.2, 0) is 4.74 Å². The molecule has 1 aromatic heterocycles. The third-order valence-corrected chi connectivity index (χ3v) is 3.05. The second-order valence-corrected chi connectivity index (χ2v) is 4.33. The molecule has 1 fully saturated rings. The van der Waals surface area contributed by atoms with Crippen molar-refractivity contribution in [3.8, 4) is 0 Å². The maximum atomic E-state index is 11.3. The van der Waals surface area contributed by atoms with Crippen molar-refractivity contribution in [2.45, 2.75) is 12.8 Å². The predicted octanol–water partition coefficient (Wildman–Crippen LogP) is 0.675. The lowest BCUT2D eigenvalue weighted by Crippen LogP contribution is -2.31. The average molecular weight is 250 g/mol. The number of ether oxygens (including phenoxy) is 1. The van der Waals surface area contributed by atoms with Gasteiger partial charge in [0.1, 0.15) is 5.82 Å². The molecule has 0 amide bonds. The van der Waals surface area contributed by atoms with Crippen molar-refractivity contribution in [3.63, 3.8) is 0 Å². The number of methoxy groups -OCH3 is 1. The third-order valence-electron chi connectivity index (χ3n) is 3.05. The lowest BCUT2D eigenvalue weighted by molar-refractivity contribution is 0.0587. The van der Waals surface area contributed by atoms with Gasteiger partial charge in [-0.3, -0.25) is 0 Å². The van der Waals surface area contributed by atoms with Gasteiger partial charge in [-0.05, 0) is 37.9 Å². The summed E-state index contributed by atoms with van der Waals surface area (Å²) in [5.41, 5.74) is 0. The maximum absolute atomic E-state index is 11.3. The Morgan fingerprint density at radius 3 is 3.06 bits per heavy atom. The van der Waals surface area contributed by atoms with E-state index in [1.807, 2.05) is 0 Å². The van der Waals surface area contributed by atoms with Crippen LogP contribution in [0.4, 0.5) is 5.82 Å². The summed E-state index contributed by atoms with van der Waals surface area (Å²) in [5, 5.41) is 6.58. The highest BCUT2D eigenvalue weighted by Crippen LogP contribution is 2.12. The van der Waals surface area contributed by atoms with Gasteiger partial charge in [0.2, 0.25) is 5.82 Å². The molecule has 1 aromatic rings. The molecule has 0 unspecified atom stereocenters. The summed E-state index contributed by atoms with van der Waals surface area (Å²) in [4.78, 5) is 19.3. The van der Waals surface area contributed by atoms with Crippen LogP contribution in [0.3, 0.4) is 0 Å². The minimum Gasteiger partial charge on any atom is -0.463 e. The molecular formula is C12H18N4O2. The monoisotopic (exact) mass is 250 g/mol. The minimum atomic E-state index is -0.513. The van der Waals surface area contributed by atoms with E-state index in [4.69, 9.17) is 0 Å². The van der Waals surface area contributed by atoms with Crippen molar-refractivity contribution in [1.82, 2.24) is 15.3 Å². The number of hydrogen-bond donors (Lipinski definition) is 2. The zero-order valence-electron chi connectivity index (χ0n) is 10.5. The number of nitrogens with zero attached hydrogens (tertiary/aromatic N) is 2. The number of hydrogen-bond acceptors (Lipinski definition) is 6. The van der Waals surface area contributed by atoms with Crippen LogP contribution in [0.5, 0.6) is 0 Å². The Morgan fingerprint density at radius 2 is 2.33 bits per heavy atom. The predicted molar refractivity (Wildman–Crippen MR) is 67.5 cm³/mol. The number of carbonyl (C=O) groups excluding carboxylic acids is 1. The Kier molecular flexibility index (Phi) is 4.46. The van der Waals surface area contributed by atoms with E-state index in [2.05, 4.69) is 25.3 Å². The molecule has 0 bridgehead atoms. The van der Waals surface area contributed by atoms with E-state index in [1.165, 1.54) is 20.0 Å². The van der Waals surface area contributed by atoms with Crippen LogP contribution >= 0.6 is 0 Å². The number of aromatic nitrogens is 2. The molecular weight excluding hydrogens is 232 g/mol. The average Bonchev–Trinajstić information content (AvgIpc) is 2.45. The smallest absolute Gasteiger partial charge is 0.376 e. The van der Waals surface area contributed by atoms with Crippen molar-refractivity contribution in [3.05, 3.63) is 18.1 Å². The third kappa shape index (κ3) is 3.40. The van der Waals surface area contributed by atoms with E-state index in [1.54, 1.807) is 12.3 Å². The van der Waals surface area contributed by atoms with Gasteiger partial charge in [0.05, 0.1) is 7.11 Å². The van der Waals surface area contributed by atoms with Gasteiger partial charge in [-0.15, -0.1) is 0 Å². The summed E-state index contributed by atoms with van der Waals surface area (Å²) in [7, 11) is 1.32. The van der Waals surface area contributed by atoms with E-state index >= 15 is 0 Å². The molecule has 2 heterocycles. The maximum Gasteiger partial charge on any atom is 0.376 e. The fraction of sp³-hybridized carbons (Fsp3) is 0.583. The first-order valence-corrected chi connectivity index (χ1v) is 6.15. The van der Waals surface area contributed by atoms with Gasteiger partial charge in [-0.25, -0.2) is 14.8 Å². The van der Waals surface area contributed by atoms with E-state index in [0.717, 1.165) is 19.6 Å². The molecule has 6 heteroatoms. The van der Waals surface area contributed by atoms with E-state index in [-0.39, 0.29) is 5.82 Å². The number of piperidine rings is 1. The van der Waals surface area contributed by atoms with Gasteiger partial charge in [0.25, 0.3) is 0 Å². The van der Waals surface area contributed by atoms with Gasteiger partial charge in [0, 0.05) is 12.7 Å². The molecule has 2 N–H and O–H groups in total. The fourth-order valence-corrected chi connectivity index (χ4v) is 1.98. The van der Waals surface area contributed by atoms with Gasteiger partial charge in [-0.1, -0.05) is 0 Å². The van der Waals surface area contributed by atoms with Crippen LogP contribution in [0.25, 0.3) is 0 Å². The van der Waals surface area contributed by atoms with Crippen LogP contribution in [0.15, 0.2) is 12.3 Å². The summed E-state index contributed by atoms with van der Waals surface area (Å²) in [6.07, 6.45) is 3.90. The van der Waals surface area contributed by atoms with E-state index < -0.39 is 5.97 Å². The van der Waals surface area contributed by atoms with Gasteiger partial charge in [-0.2, -0.15) is 0 Å². The molecule has 1 saturated heterocycles. The summed E-state index contributed by atoms with van der Waals surface area (Å²) in [6, 6.07) is 1.76. The lowest BCUT2D eigenvalue weighted by atomic mass is 9.98. The molecule has 6 nitrogen and oxygen atoms in total. The van der Waals surface area contributed by atoms with Crippen molar-refractivity contribution in [1.29, 1.82) is 0 Å². The van der Waals surface area contributed by atoms with Crippen molar-refractivity contribution >= 4 is 11.8 Å². The molecule has 0 saturated carbocycles. The number of nitrogens with one attached hydrogen (secondary N) is 2. The van der Waals surface area contributed by atoms with Crippen molar-refractivity contribution < 1.29 is 9.53 Å². The largest absolute Gasteiger partial charge is 0.463 e. The first kappa shape index (κ1) is 12.8. The molecule has 0 spiro atoms. The zero-order chi connectivity index (χ0) is 12.8. The highest BCUT2D eigenvalue weighted by molar-refractivity contribution is 5.85. The summed E-state index contributed by atoms with van der Waals surface area (Å²) in [5.74, 6) is 0.903. The molecule has 1 aliphatic heterocycles. The Labute approximate surface area is 106 Å². The van der Waals surface area contributed by atoms with Crippen LogP contribution in [0.2, 0.25) is 0 Å². The second-order valence-electron chi connectivity index (χ2n) is 4.33. The minimum absolute atomic E-state index is 0.0906. The molecule has 1 aliphatic rings. The van der Waals surface area contributed by atoms with Crippen molar-refractivity contribution in [2.75, 3.05) is 32.1 Å². The number of rotatable bonds is 4. The number of anilines is 1. The van der Waals surface area contributed by atoms with E-state index in [9.17, 15) is 4.79 Å². The summed E-state index contributed by atoms with van der Waals surface area (Å²) < 4.78 is 4.59. The molecule has 0 radical (unpaired) electrons. The molecule has 2 rings (SSSR count). The quantitative estimate of drug-likeness (QED) is 0.765. The normalized spacial score (nSPS) is 16.3. The van der Waals surface area contributed by atoms with Gasteiger partial charge < -0.3 is 15.4 Å². The highest BCUT2D eigenvalue weighted by atomic mass is 16.5. The Balaban J connectivity index is 1.90. The SMILES string of the molecule is COC(=O)c1nccc(NCC2CCNCC2)n1. The Hall–Kier alpha value is -1.69. The van der Waals surface area contributed by atoms with Crippen LogP contribution in [0.1, 0.15) is 23.5 Å². The lowest BCUT2D eigenvalue weighted by Gasteiger charge is -2.22. The van der Waals surface area contributed by atoms with Gasteiger partial charge >= 0.3 is 5.97 Å². The topological polar surface area (TPSA) is 76.1 Å². The molecule has 0 atom stereocenters. The van der Waals surface area contributed by atoms with Gasteiger partial charge in [0.15, 0.2) is 0 Å². The fourth-order valence-electron chi connectivity index (χ4n) is 1.98. The number of carbonyl (C=O) groups is 1. The van der Waals surface area contributed by atoms with Crippen LogP contribution < -0.4 is 10.6 Å². The zero-order valence-corrected chi connectivity index (χ0v) is 10.5. The van der Waals surface area contributed by atoms with E-state index in [0.29, 0.717) is 11.7 Å². The molecule has 0 aliphatic carbocycles. The summed E-state index contributed by atoms with van der Waals surface area (Å²) >= 11 is 0. The first-order chi connectivity index (χ1) is 8.79. The molecule has 18 heavy (non-hydrogen) atoms. The first-order valence-electron chi connectivity index (χ1n) is 6.15. The summed E-state index contributed by atoms with van der Waals surface area (Å²) in [6.45, 7) is 3.02. The second kappa shape index (κ2) is 6.30. The van der Waals surface area contributed by atoms with Crippen LogP contribution in [-0.4, -0.2) is 42.7 Å². The highest BCUT2D eigenvalue weighted by Gasteiger charge is 2.13. The standard InChI is InChI=1S/C12H18N4O2/c1-18-12(17)11-14-7-4-10(16-11)15-8-9-2-5-13-6-3-9/h4,7,9,13H,2-3,5-6,8H2,1H3,(H,14,15,16). The Morgan fingerprint density at radius 1 is 1.56 bits per heavy atom. The van der Waals surface area contributed by atoms with Crippen LogP contribution in [0, 0.1) is 5.92 Å². The Bertz CT molecular complexity index is 405. The van der Waals surface area contributed by atoms with Crippen molar-refractivity contribution in [2.24, 2.45) is 5.92 Å².